The van der Waals surface area contributed by atoms with Crippen molar-refractivity contribution >= 4 is 29.4 Å². The molecule has 0 unspecified atom stereocenters. The van der Waals surface area contributed by atoms with Crippen molar-refractivity contribution in [2.45, 2.75) is 25.4 Å². The number of nitrogens with one attached hydrogen (secondary N) is 2. The highest BCUT2D eigenvalue weighted by molar-refractivity contribution is 6.06. The molecule has 1 atom stereocenters. The van der Waals surface area contributed by atoms with E-state index in [1.165, 1.54) is 4.90 Å². The summed E-state index contributed by atoms with van der Waals surface area (Å²) in [5.74, 6) is -2.09. The first kappa shape index (κ1) is 15.0. The smallest absolute Gasteiger partial charge is 0.322 e. The predicted octanol–water partition coefficient (Wildman–Crippen LogP) is -0.0559. The summed E-state index contributed by atoms with van der Waals surface area (Å²) in [4.78, 5) is 47.9. The Morgan fingerprint density at radius 1 is 1.35 bits per heavy atom. The molecule has 0 saturated carbocycles. The number of imide groups is 1. The number of carboxylic acid groups (broad SMARTS) is 1. The molecule has 1 fully saturated rings. The van der Waals surface area contributed by atoms with Gasteiger partial charge in [-0.3, -0.25) is 24.5 Å². The molecule has 1 saturated heterocycles. The van der Waals surface area contributed by atoms with Crippen LogP contribution in [0.25, 0.3) is 0 Å². The highest BCUT2D eigenvalue weighted by atomic mass is 16.4. The minimum Gasteiger partial charge on any atom is -0.480 e. The maximum atomic E-state index is 12.5. The van der Waals surface area contributed by atoms with Crippen molar-refractivity contribution in [2.24, 2.45) is 0 Å². The molecular weight excluding hydrogens is 302 g/mol. The number of carbonyl (C=O) groups excluding carboxylic acids is 3. The first-order valence-corrected chi connectivity index (χ1v) is 7.19. The van der Waals surface area contributed by atoms with Crippen molar-refractivity contribution in [1.82, 2.24) is 10.2 Å². The maximum absolute atomic E-state index is 12.5. The molecule has 3 amide bonds. The molecule has 0 bridgehead atoms. The predicted molar refractivity (Wildman–Crippen MR) is 78.6 cm³/mol. The van der Waals surface area contributed by atoms with Crippen LogP contribution in [0.4, 0.5) is 5.69 Å². The van der Waals surface area contributed by atoms with Gasteiger partial charge < -0.3 is 15.3 Å². The molecule has 2 aliphatic heterocycles. The molecule has 1 aromatic carbocycles. The van der Waals surface area contributed by atoms with E-state index in [-0.39, 0.29) is 31.3 Å². The lowest BCUT2D eigenvalue weighted by Gasteiger charge is -2.29. The minimum atomic E-state index is -1.01. The third-order valence-corrected chi connectivity index (χ3v) is 4.01. The van der Waals surface area contributed by atoms with E-state index in [9.17, 15) is 19.2 Å². The first-order valence-electron chi connectivity index (χ1n) is 7.19. The van der Waals surface area contributed by atoms with Crippen molar-refractivity contribution in [3.05, 3.63) is 29.3 Å². The number of hydrogen-bond donors (Lipinski definition) is 3. The van der Waals surface area contributed by atoms with Gasteiger partial charge in [-0.2, -0.15) is 0 Å². The van der Waals surface area contributed by atoms with Crippen LogP contribution in [-0.4, -0.2) is 46.3 Å². The van der Waals surface area contributed by atoms with Crippen LogP contribution in [0.15, 0.2) is 18.2 Å². The number of fused-ring (bicyclic) bond motifs is 1. The third-order valence-electron chi connectivity index (χ3n) is 4.01. The van der Waals surface area contributed by atoms with Gasteiger partial charge in [0.05, 0.1) is 0 Å². The molecule has 2 heterocycles. The number of benzene rings is 1. The van der Waals surface area contributed by atoms with Crippen LogP contribution in [0.5, 0.6) is 0 Å². The van der Waals surface area contributed by atoms with Gasteiger partial charge in [-0.1, -0.05) is 6.07 Å². The molecule has 3 N–H and O–H groups in total. The summed E-state index contributed by atoms with van der Waals surface area (Å²) in [5, 5.41) is 13.8. The normalized spacial score (nSPS) is 20.3. The van der Waals surface area contributed by atoms with Gasteiger partial charge in [0.25, 0.3) is 5.91 Å². The second-order valence-electron chi connectivity index (χ2n) is 5.48. The first-order chi connectivity index (χ1) is 11.0. The third kappa shape index (κ3) is 2.75. The fourth-order valence-electron chi connectivity index (χ4n) is 2.92. The molecular formula is C15H15N3O5. The Balaban J connectivity index is 1.84. The Kier molecular flexibility index (Phi) is 3.73. The van der Waals surface area contributed by atoms with Crippen molar-refractivity contribution in [2.75, 3.05) is 11.9 Å². The Hall–Kier alpha value is -2.90. The SMILES string of the molecule is O=C(O)CNc1cccc2c1CN([C@@H]1CCC(=O)NC1=O)C2=O. The van der Waals surface area contributed by atoms with Crippen molar-refractivity contribution in [1.29, 1.82) is 0 Å². The Bertz CT molecular complexity index is 715. The Morgan fingerprint density at radius 3 is 2.83 bits per heavy atom. The fourth-order valence-corrected chi connectivity index (χ4v) is 2.92. The second kappa shape index (κ2) is 5.71. The van der Waals surface area contributed by atoms with Crippen LogP contribution in [0.3, 0.4) is 0 Å². The lowest BCUT2D eigenvalue weighted by Crippen LogP contribution is -2.52. The van der Waals surface area contributed by atoms with E-state index >= 15 is 0 Å². The quantitative estimate of drug-likeness (QED) is 0.670. The number of carbonyl (C=O) groups is 4. The minimum absolute atomic E-state index is 0.195. The van der Waals surface area contributed by atoms with E-state index in [4.69, 9.17) is 5.11 Å². The molecule has 1 aromatic rings. The molecule has 2 aliphatic rings. The van der Waals surface area contributed by atoms with Crippen LogP contribution in [0.2, 0.25) is 0 Å². The second-order valence-corrected chi connectivity index (χ2v) is 5.48. The van der Waals surface area contributed by atoms with E-state index in [1.807, 2.05) is 0 Å². The lowest BCUT2D eigenvalue weighted by atomic mass is 10.0. The number of nitrogens with zero attached hydrogens (tertiary/aromatic N) is 1. The summed E-state index contributed by atoms with van der Waals surface area (Å²) in [6, 6.07) is 4.33. The average Bonchev–Trinajstić information content (AvgIpc) is 2.83. The Labute approximate surface area is 131 Å². The van der Waals surface area contributed by atoms with E-state index in [0.717, 1.165) is 0 Å². The number of amides is 3. The topological polar surface area (TPSA) is 116 Å². The zero-order valence-electron chi connectivity index (χ0n) is 12.2. The van der Waals surface area contributed by atoms with Crippen LogP contribution in [0, 0.1) is 0 Å². The summed E-state index contributed by atoms with van der Waals surface area (Å²) in [6.45, 7) is -0.0493. The number of anilines is 1. The van der Waals surface area contributed by atoms with Gasteiger partial charge >= 0.3 is 5.97 Å². The lowest BCUT2D eigenvalue weighted by molar-refractivity contribution is -0.137. The number of rotatable bonds is 4. The zero-order valence-corrected chi connectivity index (χ0v) is 12.2. The fraction of sp³-hybridized carbons (Fsp3) is 0.333. The van der Waals surface area contributed by atoms with Gasteiger partial charge in [0.1, 0.15) is 12.6 Å². The van der Waals surface area contributed by atoms with Gasteiger partial charge in [-0.05, 0) is 18.6 Å². The van der Waals surface area contributed by atoms with Crippen molar-refractivity contribution < 1.29 is 24.3 Å². The molecule has 0 radical (unpaired) electrons. The summed E-state index contributed by atoms with van der Waals surface area (Å²) < 4.78 is 0. The molecule has 8 nitrogen and oxygen atoms in total. The molecule has 8 heteroatoms. The number of hydrogen-bond acceptors (Lipinski definition) is 5. The number of aliphatic carboxylic acids is 1. The number of carboxylic acids is 1. The largest absolute Gasteiger partial charge is 0.480 e. The summed E-state index contributed by atoms with van der Waals surface area (Å²) in [6.07, 6.45) is 0.489. The van der Waals surface area contributed by atoms with Gasteiger partial charge in [0.15, 0.2) is 0 Å². The van der Waals surface area contributed by atoms with Crippen LogP contribution in [-0.2, 0) is 20.9 Å². The molecule has 0 aromatic heterocycles. The number of piperidine rings is 1. The zero-order chi connectivity index (χ0) is 16.6. The van der Waals surface area contributed by atoms with Crippen LogP contribution >= 0.6 is 0 Å². The molecule has 120 valence electrons. The molecule has 3 rings (SSSR count). The Morgan fingerprint density at radius 2 is 2.13 bits per heavy atom. The molecule has 0 spiro atoms. The molecule has 23 heavy (non-hydrogen) atoms. The van der Waals surface area contributed by atoms with Gasteiger partial charge in [0, 0.05) is 29.8 Å². The van der Waals surface area contributed by atoms with Crippen LogP contribution in [0.1, 0.15) is 28.8 Å². The maximum Gasteiger partial charge on any atom is 0.322 e. The van der Waals surface area contributed by atoms with Gasteiger partial charge in [-0.15, -0.1) is 0 Å². The molecule has 0 aliphatic carbocycles. The van der Waals surface area contributed by atoms with E-state index < -0.39 is 17.9 Å². The van der Waals surface area contributed by atoms with E-state index in [1.54, 1.807) is 18.2 Å². The summed E-state index contributed by atoms with van der Waals surface area (Å²) in [7, 11) is 0. The van der Waals surface area contributed by atoms with Crippen LogP contribution < -0.4 is 10.6 Å². The monoisotopic (exact) mass is 317 g/mol. The van der Waals surface area contributed by atoms with Gasteiger partial charge in [0.2, 0.25) is 11.8 Å². The standard InChI is InChI=1S/C15H15N3O5/c19-12-5-4-11(14(22)17-12)18-7-9-8(15(18)23)2-1-3-10(9)16-6-13(20)21/h1-3,11,16H,4-7H2,(H,20,21)(H,17,19,22)/t11-/m1/s1. The highest BCUT2D eigenvalue weighted by Crippen LogP contribution is 2.32. The summed E-state index contributed by atoms with van der Waals surface area (Å²) >= 11 is 0. The summed E-state index contributed by atoms with van der Waals surface area (Å²) in [5.41, 5.74) is 1.68. The van der Waals surface area contributed by atoms with E-state index in [0.29, 0.717) is 23.2 Å². The van der Waals surface area contributed by atoms with E-state index in [2.05, 4.69) is 10.6 Å². The average molecular weight is 317 g/mol. The highest BCUT2D eigenvalue weighted by Gasteiger charge is 2.39. The van der Waals surface area contributed by atoms with Crippen molar-refractivity contribution in [3.8, 4) is 0 Å². The van der Waals surface area contributed by atoms with Crippen molar-refractivity contribution in [3.63, 3.8) is 0 Å². The van der Waals surface area contributed by atoms with Gasteiger partial charge in [-0.25, -0.2) is 0 Å².